The van der Waals surface area contributed by atoms with Crippen LogP contribution in [0.1, 0.15) is 10.4 Å². The van der Waals surface area contributed by atoms with Crippen LogP contribution in [-0.4, -0.2) is 31.1 Å². The Morgan fingerprint density at radius 2 is 2.00 bits per heavy atom. The van der Waals surface area contributed by atoms with E-state index in [0.29, 0.717) is 5.56 Å². The zero-order valence-electron chi connectivity index (χ0n) is 11.9. The average molecular weight is 304 g/mol. The van der Waals surface area contributed by atoms with Gasteiger partial charge in [0.1, 0.15) is 5.65 Å². The van der Waals surface area contributed by atoms with Crippen LogP contribution in [0.15, 0.2) is 49.2 Å². The third-order valence-corrected chi connectivity index (χ3v) is 3.68. The SMILES string of the molecule is NC(=O)c1cncc(-c2cnc3[nH]cc(-c4ccn[nH]4)c3c2)c1. The number of rotatable bonds is 3. The van der Waals surface area contributed by atoms with Crippen molar-refractivity contribution in [2.75, 3.05) is 0 Å². The zero-order chi connectivity index (χ0) is 15.8. The number of primary amides is 1. The van der Waals surface area contributed by atoms with Crippen molar-refractivity contribution < 1.29 is 4.79 Å². The summed E-state index contributed by atoms with van der Waals surface area (Å²) in [5, 5.41) is 7.87. The molecule has 0 aliphatic rings. The smallest absolute Gasteiger partial charge is 0.250 e. The maximum Gasteiger partial charge on any atom is 0.250 e. The molecule has 0 aliphatic heterocycles. The van der Waals surface area contributed by atoms with E-state index in [1.165, 1.54) is 6.20 Å². The molecule has 4 aromatic heterocycles. The third-order valence-electron chi connectivity index (χ3n) is 3.68. The van der Waals surface area contributed by atoms with Crippen LogP contribution in [0.3, 0.4) is 0 Å². The van der Waals surface area contributed by atoms with E-state index in [1.807, 2.05) is 18.3 Å². The van der Waals surface area contributed by atoms with Gasteiger partial charge in [-0.1, -0.05) is 0 Å². The second-order valence-corrected chi connectivity index (χ2v) is 5.12. The molecule has 4 heterocycles. The number of aromatic amines is 2. The van der Waals surface area contributed by atoms with E-state index in [2.05, 4.69) is 25.1 Å². The Morgan fingerprint density at radius 1 is 1.13 bits per heavy atom. The van der Waals surface area contributed by atoms with Crippen molar-refractivity contribution in [3.63, 3.8) is 0 Å². The molecule has 0 spiro atoms. The van der Waals surface area contributed by atoms with Crippen LogP contribution in [0, 0.1) is 0 Å². The summed E-state index contributed by atoms with van der Waals surface area (Å²) in [6, 6.07) is 5.60. The van der Waals surface area contributed by atoms with Gasteiger partial charge in [-0.15, -0.1) is 0 Å². The molecule has 0 unspecified atom stereocenters. The van der Waals surface area contributed by atoms with Gasteiger partial charge in [-0.05, 0) is 18.2 Å². The van der Waals surface area contributed by atoms with Crippen molar-refractivity contribution in [1.29, 1.82) is 0 Å². The van der Waals surface area contributed by atoms with Crippen molar-refractivity contribution in [2.45, 2.75) is 0 Å². The van der Waals surface area contributed by atoms with Gasteiger partial charge in [0.2, 0.25) is 5.91 Å². The van der Waals surface area contributed by atoms with Gasteiger partial charge in [-0.25, -0.2) is 4.98 Å². The molecular weight excluding hydrogens is 292 g/mol. The van der Waals surface area contributed by atoms with Crippen molar-refractivity contribution in [1.82, 2.24) is 25.1 Å². The summed E-state index contributed by atoms with van der Waals surface area (Å²) in [7, 11) is 0. The Hall–Kier alpha value is -3.48. The number of aromatic nitrogens is 5. The largest absolute Gasteiger partial charge is 0.366 e. The molecule has 0 radical (unpaired) electrons. The Bertz CT molecular complexity index is 1000. The molecule has 4 rings (SSSR count). The molecule has 4 N–H and O–H groups in total. The molecule has 0 aromatic carbocycles. The average Bonchev–Trinajstić information content (AvgIpc) is 3.23. The Morgan fingerprint density at radius 3 is 2.78 bits per heavy atom. The molecule has 7 nitrogen and oxygen atoms in total. The minimum atomic E-state index is -0.506. The second-order valence-electron chi connectivity index (χ2n) is 5.12. The molecule has 0 saturated carbocycles. The summed E-state index contributed by atoms with van der Waals surface area (Å²) in [5.41, 5.74) is 9.97. The topological polar surface area (TPSA) is 113 Å². The predicted octanol–water partition coefficient (Wildman–Crippen LogP) is 2.11. The number of carbonyl (C=O) groups excluding carboxylic acids is 1. The van der Waals surface area contributed by atoms with Gasteiger partial charge in [-0.3, -0.25) is 14.9 Å². The van der Waals surface area contributed by atoms with Crippen LogP contribution in [0.2, 0.25) is 0 Å². The number of nitrogens with zero attached hydrogens (tertiary/aromatic N) is 3. The van der Waals surface area contributed by atoms with Crippen LogP contribution >= 0.6 is 0 Å². The van der Waals surface area contributed by atoms with Gasteiger partial charge in [0.25, 0.3) is 0 Å². The van der Waals surface area contributed by atoms with E-state index in [1.54, 1.807) is 24.7 Å². The molecule has 0 saturated heterocycles. The summed E-state index contributed by atoms with van der Waals surface area (Å²) < 4.78 is 0. The highest BCUT2D eigenvalue weighted by Gasteiger charge is 2.11. The Balaban J connectivity index is 1.87. The van der Waals surface area contributed by atoms with Crippen LogP contribution < -0.4 is 5.73 Å². The normalized spacial score (nSPS) is 11.0. The van der Waals surface area contributed by atoms with E-state index in [9.17, 15) is 4.79 Å². The highest BCUT2D eigenvalue weighted by molar-refractivity contribution is 5.96. The standard InChI is InChI=1S/C16H12N6O/c17-15(23)11-3-9(5-18-6-11)10-4-12-13(14-1-2-21-22-14)8-20-16(12)19-7-10/h1-8H,(H2,17,23)(H,19,20)(H,21,22). The summed E-state index contributed by atoms with van der Waals surface area (Å²) in [4.78, 5) is 23.0. The van der Waals surface area contributed by atoms with Crippen molar-refractivity contribution >= 4 is 16.9 Å². The van der Waals surface area contributed by atoms with E-state index >= 15 is 0 Å². The third kappa shape index (κ3) is 2.24. The van der Waals surface area contributed by atoms with E-state index in [4.69, 9.17) is 5.73 Å². The van der Waals surface area contributed by atoms with Crippen molar-refractivity contribution in [3.8, 4) is 22.4 Å². The predicted molar refractivity (Wildman–Crippen MR) is 85.4 cm³/mol. The summed E-state index contributed by atoms with van der Waals surface area (Å²) in [6.45, 7) is 0. The van der Waals surface area contributed by atoms with Crippen molar-refractivity contribution in [3.05, 3.63) is 54.7 Å². The van der Waals surface area contributed by atoms with Crippen LogP contribution in [-0.2, 0) is 0 Å². The van der Waals surface area contributed by atoms with Gasteiger partial charge < -0.3 is 10.7 Å². The van der Waals surface area contributed by atoms with Crippen LogP contribution in [0.25, 0.3) is 33.4 Å². The summed E-state index contributed by atoms with van der Waals surface area (Å²) >= 11 is 0. The van der Waals surface area contributed by atoms with Crippen molar-refractivity contribution in [2.24, 2.45) is 5.73 Å². The maximum absolute atomic E-state index is 11.3. The minimum absolute atomic E-state index is 0.366. The molecule has 0 atom stereocenters. The van der Waals surface area contributed by atoms with Gasteiger partial charge in [0, 0.05) is 53.1 Å². The zero-order valence-corrected chi connectivity index (χ0v) is 11.9. The fourth-order valence-corrected chi connectivity index (χ4v) is 2.52. The first-order valence-corrected chi connectivity index (χ1v) is 6.94. The quantitative estimate of drug-likeness (QED) is 0.538. The van der Waals surface area contributed by atoms with Gasteiger partial charge in [0.05, 0.1) is 11.3 Å². The van der Waals surface area contributed by atoms with Crippen LogP contribution in [0.5, 0.6) is 0 Å². The lowest BCUT2D eigenvalue weighted by Gasteiger charge is -2.03. The fraction of sp³-hybridized carbons (Fsp3) is 0. The minimum Gasteiger partial charge on any atom is -0.366 e. The highest BCUT2D eigenvalue weighted by Crippen LogP contribution is 2.29. The number of nitrogens with two attached hydrogens (primary N) is 1. The first-order chi connectivity index (χ1) is 11.2. The molecule has 112 valence electrons. The lowest BCUT2D eigenvalue weighted by molar-refractivity contribution is 0.1000. The summed E-state index contributed by atoms with van der Waals surface area (Å²) in [6.07, 6.45) is 8.44. The van der Waals surface area contributed by atoms with E-state index in [0.717, 1.165) is 33.4 Å². The number of pyridine rings is 2. The van der Waals surface area contributed by atoms with E-state index < -0.39 is 5.91 Å². The molecule has 0 aliphatic carbocycles. The van der Waals surface area contributed by atoms with Gasteiger partial charge in [-0.2, -0.15) is 5.10 Å². The number of fused-ring (bicyclic) bond motifs is 1. The number of H-pyrrole nitrogens is 2. The first kappa shape index (κ1) is 13.2. The second kappa shape index (κ2) is 5.06. The maximum atomic E-state index is 11.3. The van der Waals surface area contributed by atoms with E-state index in [-0.39, 0.29) is 0 Å². The molecular formula is C16H12N6O. The Kier molecular flexibility index (Phi) is 2.90. The molecule has 23 heavy (non-hydrogen) atoms. The van der Waals surface area contributed by atoms with Gasteiger partial charge in [0.15, 0.2) is 0 Å². The number of amides is 1. The van der Waals surface area contributed by atoms with Crippen LogP contribution in [0.4, 0.5) is 0 Å². The molecule has 4 aromatic rings. The fourth-order valence-electron chi connectivity index (χ4n) is 2.52. The molecule has 1 amide bonds. The lowest BCUT2D eigenvalue weighted by Crippen LogP contribution is -2.11. The number of hydrogen-bond acceptors (Lipinski definition) is 4. The molecule has 7 heteroatoms. The first-order valence-electron chi connectivity index (χ1n) is 6.94. The highest BCUT2D eigenvalue weighted by atomic mass is 16.1. The number of hydrogen-bond donors (Lipinski definition) is 3. The Labute approximate surface area is 130 Å². The number of nitrogens with one attached hydrogen (secondary N) is 2. The summed E-state index contributed by atoms with van der Waals surface area (Å²) in [5.74, 6) is -0.506. The molecule has 0 bridgehead atoms. The number of carbonyl (C=O) groups is 1. The monoisotopic (exact) mass is 304 g/mol. The lowest BCUT2D eigenvalue weighted by atomic mass is 10.0. The van der Waals surface area contributed by atoms with Gasteiger partial charge >= 0.3 is 0 Å². The molecule has 0 fully saturated rings.